The molecule has 0 aliphatic carbocycles. The number of aromatic hydroxyl groups is 1. The van der Waals surface area contributed by atoms with Gasteiger partial charge in [0.05, 0.1) is 24.1 Å². The molecule has 0 aliphatic heterocycles. The first-order valence-electron chi connectivity index (χ1n) is 10.6. The molecule has 4 rings (SSSR count). The third-order valence-electron chi connectivity index (χ3n) is 5.27. The first-order chi connectivity index (χ1) is 16.7. The highest BCUT2D eigenvalue weighted by Gasteiger charge is 2.27. The molecule has 0 atom stereocenters. The molecule has 0 fully saturated rings. The smallest absolute Gasteiger partial charge is 0.271 e. The number of nitrogens with one attached hydrogen (secondary N) is 2. The van der Waals surface area contributed by atoms with E-state index in [1.165, 1.54) is 49.6 Å². The molecule has 0 radical (unpaired) electrons. The zero-order valence-corrected chi connectivity index (χ0v) is 19.7. The van der Waals surface area contributed by atoms with Gasteiger partial charge in [-0.25, -0.2) is 8.42 Å². The highest BCUT2D eigenvalue weighted by atomic mass is 32.2. The maximum atomic E-state index is 13.1. The predicted molar refractivity (Wildman–Crippen MR) is 130 cm³/mol. The van der Waals surface area contributed by atoms with Crippen LogP contribution in [0.1, 0.15) is 17.3 Å². The second-order valence-electron chi connectivity index (χ2n) is 7.48. The van der Waals surface area contributed by atoms with Gasteiger partial charge in [0.2, 0.25) is 9.84 Å². The largest absolute Gasteiger partial charge is 0.506 e. The van der Waals surface area contributed by atoms with E-state index in [0.29, 0.717) is 23.8 Å². The number of benzene rings is 3. The Labute approximate surface area is 200 Å². The second kappa shape index (κ2) is 9.51. The molecule has 1 aromatic heterocycles. The molecular weight excluding hydrogens is 472 g/mol. The Morgan fingerprint density at radius 3 is 2.29 bits per heavy atom. The van der Waals surface area contributed by atoms with E-state index in [-0.39, 0.29) is 21.4 Å². The number of hydrogen-bond acceptors (Lipinski definition) is 7. The molecule has 180 valence electrons. The van der Waals surface area contributed by atoms with E-state index in [2.05, 4.69) is 10.3 Å². The van der Waals surface area contributed by atoms with E-state index in [0.717, 1.165) is 0 Å². The summed E-state index contributed by atoms with van der Waals surface area (Å²) in [5.74, 6) is -0.0364. The number of hydrogen-bond donors (Lipinski definition) is 3. The molecule has 0 spiro atoms. The molecular formula is C25H22N2O7S. The third-order valence-corrected chi connectivity index (χ3v) is 7.08. The van der Waals surface area contributed by atoms with Gasteiger partial charge in [0.1, 0.15) is 17.2 Å². The molecule has 9 nitrogen and oxygen atoms in total. The number of carbonyl (C=O) groups excluding carboxylic acids is 1. The van der Waals surface area contributed by atoms with Crippen molar-refractivity contribution in [3.63, 3.8) is 0 Å². The van der Waals surface area contributed by atoms with Crippen LogP contribution < -0.4 is 20.3 Å². The summed E-state index contributed by atoms with van der Waals surface area (Å²) in [7, 11) is -2.89. The molecule has 4 aromatic rings. The van der Waals surface area contributed by atoms with Gasteiger partial charge in [0.25, 0.3) is 11.5 Å². The topological polar surface area (TPSA) is 135 Å². The van der Waals surface area contributed by atoms with Crippen LogP contribution in [0.5, 0.6) is 17.2 Å². The molecule has 3 N–H and O–H groups in total. The number of ether oxygens (including phenoxy) is 2. The Hall–Kier alpha value is -4.31. The zero-order chi connectivity index (χ0) is 25.2. The number of aromatic amines is 1. The standard InChI is InChI=1S/C25H22N2O7S/c1-3-34-18-7-5-16(6-8-18)26-24(29)15-4-13-20-21(14-15)27-25(30)23(22(20)28)35(31,32)19-11-9-17(33-2)10-12-19/h4-14H,3H2,1-2H3,(H,26,29)(H2,27,28,30). The van der Waals surface area contributed by atoms with Crippen LogP contribution in [-0.4, -0.2) is 38.1 Å². The Balaban J connectivity index is 1.67. The molecule has 0 unspecified atom stereocenters. The average Bonchev–Trinajstić information content (AvgIpc) is 2.85. The molecule has 3 aromatic carbocycles. The summed E-state index contributed by atoms with van der Waals surface area (Å²) in [6.45, 7) is 2.39. The lowest BCUT2D eigenvalue weighted by molar-refractivity contribution is 0.102. The molecule has 0 saturated heterocycles. The number of H-pyrrole nitrogens is 1. The summed E-state index contributed by atoms with van der Waals surface area (Å²) in [6, 6.07) is 16.4. The molecule has 0 aliphatic rings. The monoisotopic (exact) mass is 494 g/mol. The Kier molecular flexibility index (Phi) is 6.48. The summed E-state index contributed by atoms with van der Waals surface area (Å²) >= 11 is 0. The predicted octanol–water partition coefficient (Wildman–Crippen LogP) is 3.73. The van der Waals surface area contributed by atoms with Crippen molar-refractivity contribution in [1.29, 1.82) is 0 Å². The number of carbonyl (C=O) groups is 1. The van der Waals surface area contributed by atoms with Crippen LogP contribution in [0.4, 0.5) is 5.69 Å². The highest BCUT2D eigenvalue weighted by molar-refractivity contribution is 7.91. The Bertz CT molecular complexity index is 1560. The van der Waals surface area contributed by atoms with Gasteiger partial charge in [-0.3, -0.25) is 9.59 Å². The number of amides is 1. The van der Waals surface area contributed by atoms with E-state index < -0.39 is 31.9 Å². The van der Waals surface area contributed by atoms with Gasteiger partial charge in [0, 0.05) is 16.6 Å². The minimum absolute atomic E-state index is 0.0781. The van der Waals surface area contributed by atoms with Gasteiger partial charge < -0.3 is 24.9 Å². The summed E-state index contributed by atoms with van der Waals surface area (Å²) in [6.07, 6.45) is 0. The molecule has 0 saturated carbocycles. The van der Waals surface area contributed by atoms with Crippen molar-refractivity contribution < 1.29 is 27.8 Å². The first kappa shape index (κ1) is 23.8. The lowest BCUT2D eigenvalue weighted by atomic mass is 10.1. The normalized spacial score (nSPS) is 11.3. The van der Waals surface area contributed by atoms with Crippen LogP contribution in [0.2, 0.25) is 0 Å². The lowest BCUT2D eigenvalue weighted by Gasteiger charge is -2.11. The number of fused-ring (bicyclic) bond motifs is 1. The van der Waals surface area contributed by atoms with E-state index >= 15 is 0 Å². The fourth-order valence-corrected chi connectivity index (χ4v) is 4.92. The fourth-order valence-electron chi connectivity index (χ4n) is 3.53. The average molecular weight is 495 g/mol. The maximum absolute atomic E-state index is 13.1. The van der Waals surface area contributed by atoms with Crippen molar-refractivity contribution in [2.45, 2.75) is 16.7 Å². The molecule has 1 amide bonds. The van der Waals surface area contributed by atoms with E-state index in [9.17, 15) is 23.1 Å². The van der Waals surface area contributed by atoms with Crippen molar-refractivity contribution in [3.8, 4) is 17.2 Å². The van der Waals surface area contributed by atoms with Gasteiger partial charge in [0.15, 0.2) is 4.90 Å². The van der Waals surface area contributed by atoms with Gasteiger partial charge in [-0.05, 0) is 73.7 Å². The zero-order valence-electron chi connectivity index (χ0n) is 18.9. The van der Waals surface area contributed by atoms with Crippen LogP contribution in [0.25, 0.3) is 10.9 Å². The van der Waals surface area contributed by atoms with Gasteiger partial charge in [-0.1, -0.05) is 0 Å². The first-order valence-corrected chi connectivity index (χ1v) is 12.0. The van der Waals surface area contributed by atoms with Crippen LogP contribution >= 0.6 is 0 Å². The van der Waals surface area contributed by atoms with Gasteiger partial charge >= 0.3 is 0 Å². The minimum atomic E-state index is -4.33. The van der Waals surface area contributed by atoms with Crippen molar-refractivity contribution >= 4 is 32.3 Å². The third kappa shape index (κ3) is 4.69. The number of anilines is 1. The molecule has 0 bridgehead atoms. The van der Waals surface area contributed by atoms with Crippen LogP contribution in [0, 0.1) is 0 Å². The molecule has 1 heterocycles. The highest BCUT2D eigenvalue weighted by Crippen LogP contribution is 2.32. The number of methoxy groups -OCH3 is 1. The van der Waals surface area contributed by atoms with E-state index in [1.807, 2.05) is 6.92 Å². The van der Waals surface area contributed by atoms with Crippen LogP contribution in [-0.2, 0) is 9.84 Å². The lowest BCUT2D eigenvalue weighted by Crippen LogP contribution is -2.19. The van der Waals surface area contributed by atoms with Gasteiger partial charge in [-0.15, -0.1) is 0 Å². The summed E-state index contributed by atoms with van der Waals surface area (Å²) in [4.78, 5) is 26.9. The maximum Gasteiger partial charge on any atom is 0.271 e. The quantitative estimate of drug-likeness (QED) is 0.356. The Morgan fingerprint density at radius 1 is 1.00 bits per heavy atom. The van der Waals surface area contributed by atoms with Crippen molar-refractivity contribution in [2.24, 2.45) is 0 Å². The number of sulfone groups is 1. The fraction of sp³-hybridized carbons (Fsp3) is 0.120. The van der Waals surface area contributed by atoms with Crippen LogP contribution in [0.3, 0.4) is 0 Å². The summed E-state index contributed by atoms with van der Waals surface area (Å²) in [5.41, 5.74) is -0.154. The number of rotatable bonds is 7. The molecule has 10 heteroatoms. The van der Waals surface area contributed by atoms with Gasteiger partial charge in [-0.2, -0.15) is 0 Å². The molecule has 35 heavy (non-hydrogen) atoms. The summed E-state index contributed by atoms with van der Waals surface area (Å²) in [5, 5.41) is 13.5. The van der Waals surface area contributed by atoms with Crippen LogP contribution in [0.15, 0.2) is 81.3 Å². The Morgan fingerprint density at radius 2 is 1.66 bits per heavy atom. The van der Waals surface area contributed by atoms with E-state index in [4.69, 9.17) is 9.47 Å². The SMILES string of the molecule is CCOc1ccc(NC(=O)c2ccc3c(O)c(S(=O)(=O)c4ccc(OC)cc4)c(=O)[nH]c3c2)cc1. The number of aromatic nitrogens is 1. The van der Waals surface area contributed by atoms with Crippen molar-refractivity contribution in [1.82, 2.24) is 4.98 Å². The summed E-state index contributed by atoms with van der Waals surface area (Å²) < 4.78 is 36.5. The second-order valence-corrected chi connectivity index (χ2v) is 9.37. The van der Waals surface area contributed by atoms with E-state index in [1.54, 1.807) is 24.3 Å². The van der Waals surface area contributed by atoms with Crippen molar-refractivity contribution in [3.05, 3.63) is 82.6 Å². The van der Waals surface area contributed by atoms with Crippen molar-refractivity contribution in [2.75, 3.05) is 19.0 Å². The number of pyridine rings is 1. The minimum Gasteiger partial charge on any atom is -0.506 e.